The molecular weight excluding hydrogens is 124 g/mol. The minimum atomic E-state index is 0.826. The topological polar surface area (TPSA) is 9.23 Å². The number of rotatable bonds is 7. The Hall–Kier alpha value is -0.170. The van der Waals surface area contributed by atoms with Crippen LogP contribution >= 0.6 is 0 Å². The molecule has 0 heterocycles. The highest BCUT2D eigenvalue weighted by Crippen LogP contribution is 2.04. The third kappa shape index (κ3) is 7.83. The highest BCUT2D eigenvalue weighted by molar-refractivity contribution is 4.42. The van der Waals surface area contributed by atoms with Crippen molar-refractivity contribution < 1.29 is 4.74 Å². The molecule has 0 saturated heterocycles. The van der Waals surface area contributed by atoms with Crippen LogP contribution in [0, 0.1) is 7.11 Å². The largest absolute Gasteiger partial charge is 0.213 e. The van der Waals surface area contributed by atoms with Gasteiger partial charge in [0.15, 0.2) is 0 Å². The van der Waals surface area contributed by atoms with Gasteiger partial charge in [0, 0.05) is 0 Å². The van der Waals surface area contributed by atoms with Crippen molar-refractivity contribution in [2.45, 2.75) is 45.4 Å². The van der Waals surface area contributed by atoms with Crippen molar-refractivity contribution in [3.05, 3.63) is 7.11 Å². The van der Waals surface area contributed by atoms with Crippen molar-refractivity contribution in [3.8, 4) is 0 Å². The van der Waals surface area contributed by atoms with E-state index in [1.54, 1.807) is 0 Å². The standard InChI is InChI=1S/C9H19O/c1-3-4-5-6-7-8-9-10-2/h2-9H2,1H3/q+1. The summed E-state index contributed by atoms with van der Waals surface area (Å²) in [6.45, 7) is 3.06. The van der Waals surface area contributed by atoms with Crippen LogP contribution in [0.2, 0.25) is 0 Å². The average molecular weight is 143 g/mol. The molecule has 1 nitrogen and oxygen atoms in total. The Morgan fingerprint density at radius 2 is 1.60 bits per heavy atom. The molecule has 1 heteroatoms. The predicted octanol–water partition coefficient (Wildman–Crippen LogP) is 3.16. The molecule has 0 aliphatic rings. The molecule has 0 aromatic carbocycles. The van der Waals surface area contributed by atoms with Gasteiger partial charge in [0.2, 0.25) is 7.11 Å². The van der Waals surface area contributed by atoms with Crippen LogP contribution in [0.3, 0.4) is 0 Å². The van der Waals surface area contributed by atoms with E-state index < -0.39 is 0 Å². The molecule has 0 bridgehead atoms. The van der Waals surface area contributed by atoms with Gasteiger partial charge in [0.25, 0.3) is 0 Å². The molecule has 0 fully saturated rings. The molecule has 0 N–H and O–H groups in total. The Kier molecular flexibility index (Phi) is 8.68. The molecule has 60 valence electrons. The van der Waals surface area contributed by atoms with Gasteiger partial charge in [-0.15, -0.1) is 0 Å². The van der Waals surface area contributed by atoms with Crippen LogP contribution in [-0.4, -0.2) is 6.61 Å². The van der Waals surface area contributed by atoms with E-state index in [0.29, 0.717) is 0 Å². The summed E-state index contributed by atoms with van der Waals surface area (Å²) >= 11 is 0. The van der Waals surface area contributed by atoms with Gasteiger partial charge in [-0.05, 0) is 6.42 Å². The molecule has 0 aliphatic carbocycles. The van der Waals surface area contributed by atoms with Gasteiger partial charge in [-0.3, -0.25) is 0 Å². The summed E-state index contributed by atoms with van der Waals surface area (Å²) in [5.41, 5.74) is 0. The van der Waals surface area contributed by atoms with E-state index in [4.69, 9.17) is 4.74 Å². The average Bonchev–Trinajstić information content (AvgIpc) is 1.97. The van der Waals surface area contributed by atoms with Gasteiger partial charge in [0.1, 0.15) is 0 Å². The lowest BCUT2D eigenvalue weighted by Crippen LogP contribution is -1.86. The molecule has 0 radical (unpaired) electrons. The molecule has 0 saturated carbocycles. The highest BCUT2D eigenvalue weighted by atomic mass is 16.5. The summed E-state index contributed by atoms with van der Waals surface area (Å²) in [5, 5.41) is 0. The zero-order chi connectivity index (χ0) is 7.66. The van der Waals surface area contributed by atoms with E-state index in [1.807, 2.05) is 0 Å². The summed E-state index contributed by atoms with van der Waals surface area (Å²) in [7, 11) is 3.32. The lowest BCUT2D eigenvalue weighted by Gasteiger charge is -1.96. The minimum Gasteiger partial charge on any atom is -0.199 e. The Balaban J connectivity index is 2.65. The summed E-state index contributed by atoms with van der Waals surface area (Å²) in [6.07, 6.45) is 7.92. The molecule has 0 spiro atoms. The third-order valence-corrected chi connectivity index (χ3v) is 1.64. The highest BCUT2D eigenvalue weighted by Gasteiger charge is 1.89. The first-order valence-corrected chi connectivity index (χ1v) is 4.28. The molecular formula is C9H19O+. The molecule has 0 atom stereocenters. The van der Waals surface area contributed by atoms with Crippen molar-refractivity contribution >= 4 is 0 Å². The van der Waals surface area contributed by atoms with Crippen LogP contribution in [0.4, 0.5) is 0 Å². The smallest absolute Gasteiger partial charge is 0.199 e. The maximum Gasteiger partial charge on any atom is 0.213 e. The first-order valence-electron chi connectivity index (χ1n) is 4.28. The Morgan fingerprint density at radius 3 is 2.20 bits per heavy atom. The second-order valence-electron chi connectivity index (χ2n) is 2.68. The SMILES string of the molecule is [CH2+]OCCCCCCCC. The molecule has 0 aliphatic heterocycles. The molecule has 10 heavy (non-hydrogen) atoms. The zero-order valence-corrected chi connectivity index (χ0v) is 7.07. The fourth-order valence-corrected chi connectivity index (χ4v) is 0.984. The zero-order valence-electron chi connectivity index (χ0n) is 7.07. The second-order valence-corrected chi connectivity index (χ2v) is 2.68. The number of unbranched alkanes of at least 4 members (excludes halogenated alkanes) is 5. The van der Waals surface area contributed by atoms with Gasteiger partial charge in [-0.25, -0.2) is 0 Å². The van der Waals surface area contributed by atoms with Gasteiger partial charge < -0.3 is 0 Å². The van der Waals surface area contributed by atoms with E-state index >= 15 is 0 Å². The number of hydrogen-bond acceptors (Lipinski definition) is 1. The van der Waals surface area contributed by atoms with Crippen molar-refractivity contribution in [2.24, 2.45) is 0 Å². The van der Waals surface area contributed by atoms with Crippen molar-refractivity contribution in [3.63, 3.8) is 0 Å². The lowest BCUT2D eigenvalue weighted by molar-refractivity contribution is 0.233. The summed E-state index contributed by atoms with van der Waals surface area (Å²) in [6, 6.07) is 0. The van der Waals surface area contributed by atoms with Gasteiger partial charge in [0.05, 0.1) is 6.61 Å². The quantitative estimate of drug-likeness (QED) is 0.393. The van der Waals surface area contributed by atoms with Crippen LogP contribution in [0.25, 0.3) is 0 Å². The van der Waals surface area contributed by atoms with Gasteiger partial charge in [-0.2, -0.15) is 4.74 Å². The molecule has 0 amide bonds. The summed E-state index contributed by atoms with van der Waals surface area (Å²) in [4.78, 5) is 0. The van der Waals surface area contributed by atoms with Crippen LogP contribution < -0.4 is 0 Å². The van der Waals surface area contributed by atoms with Crippen molar-refractivity contribution in [2.75, 3.05) is 6.61 Å². The Morgan fingerprint density at radius 1 is 1.00 bits per heavy atom. The van der Waals surface area contributed by atoms with Crippen LogP contribution in [0.1, 0.15) is 45.4 Å². The van der Waals surface area contributed by atoms with Crippen LogP contribution in [-0.2, 0) is 4.74 Å². The minimum absolute atomic E-state index is 0.826. The molecule has 0 unspecified atom stereocenters. The van der Waals surface area contributed by atoms with Gasteiger partial charge >= 0.3 is 0 Å². The molecule has 0 rings (SSSR count). The lowest BCUT2D eigenvalue weighted by atomic mass is 10.1. The fourth-order valence-electron chi connectivity index (χ4n) is 0.984. The maximum atomic E-state index is 4.70. The Bertz CT molecular complexity index is 44.7. The summed E-state index contributed by atoms with van der Waals surface area (Å²) < 4.78 is 4.70. The van der Waals surface area contributed by atoms with Crippen molar-refractivity contribution in [1.82, 2.24) is 0 Å². The fraction of sp³-hybridized carbons (Fsp3) is 0.889. The first-order chi connectivity index (χ1) is 4.91. The van der Waals surface area contributed by atoms with Crippen LogP contribution in [0.15, 0.2) is 0 Å². The monoisotopic (exact) mass is 143 g/mol. The predicted molar refractivity (Wildman–Crippen MR) is 44.7 cm³/mol. The Labute approximate surface area is 64.8 Å². The number of hydrogen-bond donors (Lipinski definition) is 0. The van der Waals surface area contributed by atoms with E-state index in [1.165, 1.54) is 38.5 Å². The van der Waals surface area contributed by atoms with E-state index in [-0.39, 0.29) is 0 Å². The summed E-state index contributed by atoms with van der Waals surface area (Å²) in [5.74, 6) is 0. The van der Waals surface area contributed by atoms with E-state index in [0.717, 1.165) is 6.61 Å². The molecule has 0 aromatic rings. The van der Waals surface area contributed by atoms with Crippen molar-refractivity contribution in [1.29, 1.82) is 0 Å². The normalized spacial score (nSPS) is 10.1. The second kappa shape index (κ2) is 8.83. The molecule has 0 aromatic heterocycles. The van der Waals surface area contributed by atoms with E-state index in [9.17, 15) is 0 Å². The first kappa shape index (κ1) is 9.83. The third-order valence-electron chi connectivity index (χ3n) is 1.64. The maximum absolute atomic E-state index is 4.70. The number of ether oxygens (including phenoxy) is 1. The van der Waals surface area contributed by atoms with Gasteiger partial charge in [-0.1, -0.05) is 39.0 Å². The van der Waals surface area contributed by atoms with E-state index in [2.05, 4.69) is 14.0 Å². The van der Waals surface area contributed by atoms with Crippen LogP contribution in [0.5, 0.6) is 0 Å².